The van der Waals surface area contributed by atoms with Gasteiger partial charge in [0.15, 0.2) is 0 Å². The van der Waals surface area contributed by atoms with E-state index in [1.165, 1.54) is 82.0 Å². The predicted octanol–water partition coefficient (Wildman–Crippen LogP) is 5.79. The minimum atomic E-state index is 1.18. The molecule has 24 heavy (non-hydrogen) atoms. The Kier molecular flexibility index (Phi) is 9.97. The quantitative estimate of drug-likeness (QED) is 0.460. The van der Waals surface area contributed by atoms with Crippen LogP contribution in [-0.2, 0) is 12.8 Å². The minimum absolute atomic E-state index is 1.18. The van der Waals surface area contributed by atoms with Gasteiger partial charge >= 0.3 is 0 Å². The van der Waals surface area contributed by atoms with Crippen LogP contribution in [0.5, 0.6) is 0 Å². The average molecular weight is 324 g/mol. The summed E-state index contributed by atoms with van der Waals surface area (Å²) >= 11 is 0. The molecular weight excluding hydrogens is 290 g/mol. The van der Waals surface area contributed by atoms with E-state index in [-0.39, 0.29) is 0 Å². The molecule has 2 aromatic rings. The van der Waals surface area contributed by atoms with Crippen molar-refractivity contribution >= 4 is 0 Å². The van der Waals surface area contributed by atoms with E-state index in [0.29, 0.717) is 0 Å². The van der Waals surface area contributed by atoms with Crippen molar-refractivity contribution in [3.05, 3.63) is 71.8 Å². The molecule has 0 bridgehead atoms. The van der Waals surface area contributed by atoms with Crippen molar-refractivity contribution in [3.63, 3.8) is 0 Å². The molecule has 0 unspecified atom stereocenters. The minimum Gasteiger partial charge on any atom is -0.317 e. The van der Waals surface area contributed by atoms with Crippen LogP contribution in [0.1, 0.15) is 56.1 Å². The fraction of sp³-hybridized carbons (Fsp3) is 0.478. The molecule has 0 aliphatic carbocycles. The zero-order chi connectivity index (χ0) is 16.7. The highest BCUT2D eigenvalue weighted by Gasteiger charge is 1.95. The molecule has 2 aromatic carbocycles. The van der Waals surface area contributed by atoms with E-state index in [1.54, 1.807) is 0 Å². The number of hydrogen-bond acceptors (Lipinski definition) is 1. The average Bonchev–Trinajstić information content (AvgIpc) is 2.64. The molecule has 1 nitrogen and oxygen atoms in total. The maximum absolute atomic E-state index is 3.59. The van der Waals surface area contributed by atoms with Gasteiger partial charge in [0, 0.05) is 0 Å². The zero-order valence-corrected chi connectivity index (χ0v) is 15.1. The number of rotatable bonds is 13. The summed E-state index contributed by atoms with van der Waals surface area (Å²) in [4.78, 5) is 0. The zero-order valence-electron chi connectivity index (χ0n) is 15.1. The highest BCUT2D eigenvalue weighted by atomic mass is 14.8. The number of nitrogens with one attached hydrogen (secondary N) is 1. The Labute approximate surface area is 148 Å². The molecule has 0 fully saturated rings. The smallest absolute Gasteiger partial charge is 0.00489 e. The highest BCUT2D eigenvalue weighted by molar-refractivity contribution is 5.15. The lowest BCUT2D eigenvalue weighted by molar-refractivity contribution is 0.561. The monoisotopic (exact) mass is 323 g/mol. The largest absolute Gasteiger partial charge is 0.317 e. The van der Waals surface area contributed by atoms with Crippen molar-refractivity contribution < 1.29 is 0 Å². The summed E-state index contributed by atoms with van der Waals surface area (Å²) in [5, 5.41) is 3.59. The summed E-state index contributed by atoms with van der Waals surface area (Å²) in [5.41, 5.74) is 2.95. The van der Waals surface area contributed by atoms with Gasteiger partial charge in [0.25, 0.3) is 0 Å². The standard InChI is InChI=1S/C23H33N/c1(6-14-22-15-7-3-8-16-22)2-12-20-24-21-13-5-11-19-23-17-9-4-10-18-23/h3-4,7-10,15-18,24H,1-2,5-6,11-14,19-21H2. The van der Waals surface area contributed by atoms with Crippen molar-refractivity contribution in [1.82, 2.24) is 5.32 Å². The lowest BCUT2D eigenvalue weighted by Crippen LogP contribution is -2.16. The second-order valence-corrected chi connectivity index (χ2v) is 6.70. The Morgan fingerprint density at radius 3 is 1.38 bits per heavy atom. The number of unbranched alkanes of at least 4 members (excludes halogenated alkanes) is 5. The van der Waals surface area contributed by atoms with Gasteiger partial charge in [-0.2, -0.15) is 0 Å². The van der Waals surface area contributed by atoms with Gasteiger partial charge in [0.1, 0.15) is 0 Å². The molecule has 0 spiro atoms. The topological polar surface area (TPSA) is 12.0 Å². The molecule has 2 rings (SSSR count). The van der Waals surface area contributed by atoms with E-state index in [2.05, 4.69) is 66.0 Å². The van der Waals surface area contributed by atoms with Gasteiger partial charge < -0.3 is 5.32 Å². The summed E-state index contributed by atoms with van der Waals surface area (Å²) in [7, 11) is 0. The molecule has 0 aliphatic heterocycles. The lowest BCUT2D eigenvalue weighted by Gasteiger charge is -2.05. The lowest BCUT2D eigenvalue weighted by atomic mass is 10.1. The first kappa shape index (κ1) is 18.7. The van der Waals surface area contributed by atoms with Gasteiger partial charge in [-0.05, 0) is 62.7 Å². The Morgan fingerprint density at radius 2 is 0.875 bits per heavy atom. The summed E-state index contributed by atoms with van der Waals surface area (Å²) in [6.45, 7) is 2.36. The molecule has 1 N–H and O–H groups in total. The van der Waals surface area contributed by atoms with Crippen LogP contribution in [0.15, 0.2) is 60.7 Å². The van der Waals surface area contributed by atoms with Gasteiger partial charge in [0.05, 0.1) is 0 Å². The van der Waals surface area contributed by atoms with E-state index in [0.717, 1.165) is 0 Å². The van der Waals surface area contributed by atoms with E-state index in [9.17, 15) is 0 Å². The van der Waals surface area contributed by atoms with Crippen LogP contribution < -0.4 is 5.32 Å². The summed E-state index contributed by atoms with van der Waals surface area (Å²) < 4.78 is 0. The van der Waals surface area contributed by atoms with Crippen LogP contribution >= 0.6 is 0 Å². The Hall–Kier alpha value is -1.60. The van der Waals surface area contributed by atoms with Crippen molar-refractivity contribution in [2.24, 2.45) is 0 Å². The summed E-state index contributed by atoms with van der Waals surface area (Å²) in [5.74, 6) is 0. The van der Waals surface area contributed by atoms with Gasteiger partial charge in [-0.25, -0.2) is 0 Å². The second kappa shape index (κ2) is 12.8. The fourth-order valence-electron chi connectivity index (χ4n) is 3.10. The van der Waals surface area contributed by atoms with Gasteiger partial charge in [0.2, 0.25) is 0 Å². The van der Waals surface area contributed by atoms with Gasteiger partial charge in [-0.3, -0.25) is 0 Å². The maximum atomic E-state index is 3.59. The third-order valence-electron chi connectivity index (χ3n) is 4.57. The number of benzene rings is 2. The van der Waals surface area contributed by atoms with E-state index >= 15 is 0 Å². The molecule has 1 heteroatoms. The fourth-order valence-corrected chi connectivity index (χ4v) is 3.10. The third-order valence-corrected chi connectivity index (χ3v) is 4.57. The van der Waals surface area contributed by atoms with E-state index < -0.39 is 0 Å². The first-order valence-corrected chi connectivity index (χ1v) is 9.74. The Bertz CT molecular complexity index is 457. The van der Waals surface area contributed by atoms with Gasteiger partial charge in [-0.15, -0.1) is 0 Å². The molecule has 0 amide bonds. The van der Waals surface area contributed by atoms with Crippen LogP contribution in [0, 0.1) is 0 Å². The van der Waals surface area contributed by atoms with E-state index in [4.69, 9.17) is 0 Å². The SMILES string of the molecule is c1ccc(CCCCCCNCCCCCc2ccccc2)cc1. The van der Waals surface area contributed by atoms with Crippen molar-refractivity contribution in [1.29, 1.82) is 0 Å². The second-order valence-electron chi connectivity index (χ2n) is 6.70. The Morgan fingerprint density at radius 1 is 0.458 bits per heavy atom. The van der Waals surface area contributed by atoms with Crippen LogP contribution in [0.4, 0.5) is 0 Å². The Balaban J connectivity index is 1.32. The van der Waals surface area contributed by atoms with Crippen LogP contribution in [0.2, 0.25) is 0 Å². The van der Waals surface area contributed by atoms with Crippen molar-refractivity contribution in [2.75, 3.05) is 13.1 Å². The number of aryl methyl sites for hydroxylation is 2. The molecule has 0 aliphatic rings. The van der Waals surface area contributed by atoms with Crippen molar-refractivity contribution in [2.45, 2.75) is 57.8 Å². The predicted molar refractivity (Wildman–Crippen MR) is 105 cm³/mol. The molecule has 0 aromatic heterocycles. The molecular formula is C23H33N. The number of hydrogen-bond donors (Lipinski definition) is 1. The molecule has 0 heterocycles. The van der Waals surface area contributed by atoms with Gasteiger partial charge in [-0.1, -0.05) is 79.9 Å². The van der Waals surface area contributed by atoms with Crippen molar-refractivity contribution in [3.8, 4) is 0 Å². The molecule has 0 radical (unpaired) electrons. The summed E-state index contributed by atoms with van der Waals surface area (Å²) in [6.07, 6.45) is 11.8. The first-order valence-electron chi connectivity index (χ1n) is 9.74. The first-order chi connectivity index (χ1) is 11.9. The van der Waals surface area contributed by atoms with Crippen LogP contribution in [-0.4, -0.2) is 13.1 Å². The summed E-state index contributed by atoms with van der Waals surface area (Å²) in [6, 6.07) is 21.7. The molecule has 130 valence electrons. The third kappa shape index (κ3) is 8.88. The highest BCUT2D eigenvalue weighted by Crippen LogP contribution is 2.08. The van der Waals surface area contributed by atoms with E-state index in [1.807, 2.05) is 0 Å². The maximum Gasteiger partial charge on any atom is -0.00489 e. The molecule has 0 saturated heterocycles. The molecule has 0 atom stereocenters. The normalized spacial score (nSPS) is 10.8. The van der Waals surface area contributed by atoms with Crippen LogP contribution in [0.3, 0.4) is 0 Å². The molecule has 0 saturated carbocycles. The van der Waals surface area contributed by atoms with Crippen LogP contribution in [0.25, 0.3) is 0 Å².